The SMILES string of the molecule is NC1=NC2(CCCCC2)N(c2ccc(S(=O)(=O)N3CCOCC3)cc2)C(N)=N1. The number of anilines is 1. The summed E-state index contributed by atoms with van der Waals surface area (Å²) in [5.74, 6) is 0.486. The molecule has 1 spiro atoms. The van der Waals surface area contributed by atoms with E-state index in [1.54, 1.807) is 24.3 Å². The number of sulfonamides is 1. The van der Waals surface area contributed by atoms with E-state index in [0.29, 0.717) is 26.3 Å². The van der Waals surface area contributed by atoms with Crippen molar-refractivity contribution in [1.82, 2.24) is 4.31 Å². The van der Waals surface area contributed by atoms with Crippen LogP contribution in [0.25, 0.3) is 0 Å². The van der Waals surface area contributed by atoms with Gasteiger partial charge in [-0.15, -0.1) is 0 Å². The second-order valence-corrected chi connectivity index (χ2v) is 9.27. The zero-order valence-electron chi connectivity index (χ0n) is 15.7. The van der Waals surface area contributed by atoms with Crippen LogP contribution >= 0.6 is 0 Å². The Balaban J connectivity index is 1.65. The summed E-state index contributed by atoms with van der Waals surface area (Å²) in [5.41, 5.74) is 12.3. The molecule has 1 aromatic rings. The number of ether oxygens (including phenoxy) is 1. The Morgan fingerprint density at radius 3 is 2.29 bits per heavy atom. The third-order valence-corrected chi connectivity index (χ3v) is 7.47. The number of nitrogens with zero attached hydrogens (tertiary/aromatic N) is 4. The number of benzene rings is 1. The molecule has 2 aliphatic heterocycles. The predicted octanol–water partition coefficient (Wildman–Crippen LogP) is 0.817. The Kier molecular flexibility index (Phi) is 5.02. The van der Waals surface area contributed by atoms with Gasteiger partial charge in [-0.3, -0.25) is 4.90 Å². The summed E-state index contributed by atoms with van der Waals surface area (Å²) in [7, 11) is -3.54. The molecular formula is C18H26N6O3S. The van der Waals surface area contributed by atoms with Crippen molar-refractivity contribution in [2.75, 3.05) is 31.2 Å². The summed E-state index contributed by atoms with van der Waals surface area (Å²) < 4.78 is 32.4. The maximum Gasteiger partial charge on any atom is 0.243 e. The average molecular weight is 407 g/mol. The van der Waals surface area contributed by atoms with Gasteiger partial charge in [0.1, 0.15) is 5.66 Å². The molecule has 0 amide bonds. The second kappa shape index (κ2) is 7.34. The van der Waals surface area contributed by atoms with Gasteiger partial charge in [0.15, 0.2) is 0 Å². The Bertz CT molecular complexity index is 884. The first-order chi connectivity index (χ1) is 13.4. The molecule has 28 heavy (non-hydrogen) atoms. The zero-order valence-corrected chi connectivity index (χ0v) is 16.6. The van der Waals surface area contributed by atoms with Crippen molar-refractivity contribution in [3.8, 4) is 0 Å². The van der Waals surface area contributed by atoms with Crippen LogP contribution in [-0.4, -0.2) is 56.6 Å². The predicted molar refractivity (Wildman–Crippen MR) is 108 cm³/mol. The van der Waals surface area contributed by atoms with Gasteiger partial charge < -0.3 is 16.2 Å². The normalized spacial score (nSPS) is 23.4. The van der Waals surface area contributed by atoms with Crippen LogP contribution in [0, 0.1) is 0 Å². The lowest BCUT2D eigenvalue weighted by molar-refractivity contribution is 0.0730. The van der Waals surface area contributed by atoms with Crippen molar-refractivity contribution in [1.29, 1.82) is 0 Å². The quantitative estimate of drug-likeness (QED) is 0.765. The summed E-state index contributed by atoms with van der Waals surface area (Å²) in [6.45, 7) is 1.57. The van der Waals surface area contributed by atoms with Crippen LogP contribution in [0.2, 0.25) is 0 Å². The Labute approximate surface area is 165 Å². The van der Waals surface area contributed by atoms with Crippen LogP contribution in [0.1, 0.15) is 32.1 Å². The van der Waals surface area contributed by atoms with E-state index < -0.39 is 15.7 Å². The number of rotatable bonds is 3. The van der Waals surface area contributed by atoms with Crippen molar-refractivity contribution >= 4 is 27.6 Å². The van der Waals surface area contributed by atoms with Gasteiger partial charge in [0.25, 0.3) is 0 Å². The van der Waals surface area contributed by atoms with Crippen molar-refractivity contribution in [2.45, 2.75) is 42.7 Å². The summed E-state index contributed by atoms with van der Waals surface area (Å²) in [6.07, 6.45) is 4.88. The Hall–Kier alpha value is -2.17. The molecule has 1 saturated carbocycles. The number of nitrogens with two attached hydrogens (primary N) is 2. The molecule has 10 heteroatoms. The monoisotopic (exact) mass is 406 g/mol. The van der Waals surface area contributed by atoms with Gasteiger partial charge in [-0.2, -0.15) is 9.30 Å². The van der Waals surface area contributed by atoms with Gasteiger partial charge >= 0.3 is 0 Å². The first kappa shape index (κ1) is 19.2. The highest BCUT2D eigenvalue weighted by Crippen LogP contribution is 2.39. The zero-order chi connectivity index (χ0) is 19.8. The molecule has 2 fully saturated rings. The van der Waals surface area contributed by atoms with E-state index in [0.717, 1.165) is 37.8 Å². The van der Waals surface area contributed by atoms with Gasteiger partial charge in [0.2, 0.25) is 21.9 Å². The van der Waals surface area contributed by atoms with Crippen LogP contribution in [0.15, 0.2) is 39.1 Å². The fourth-order valence-electron chi connectivity index (χ4n) is 4.20. The van der Waals surface area contributed by atoms with Crippen LogP contribution < -0.4 is 16.4 Å². The number of hydrogen-bond acceptors (Lipinski definition) is 8. The van der Waals surface area contributed by atoms with Crippen LogP contribution in [-0.2, 0) is 14.8 Å². The summed E-state index contributed by atoms with van der Waals surface area (Å²) in [5, 5.41) is 0. The van der Waals surface area contributed by atoms with E-state index in [1.165, 1.54) is 4.31 Å². The fourth-order valence-corrected chi connectivity index (χ4v) is 5.61. The lowest BCUT2D eigenvalue weighted by Crippen LogP contribution is -2.58. The Morgan fingerprint density at radius 2 is 1.64 bits per heavy atom. The molecule has 9 nitrogen and oxygen atoms in total. The molecule has 152 valence electrons. The minimum absolute atomic E-state index is 0.196. The highest BCUT2D eigenvalue weighted by atomic mass is 32.2. The first-order valence-electron chi connectivity index (χ1n) is 9.60. The van der Waals surface area contributed by atoms with Gasteiger partial charge in [-0.05, 0) is 49.9 Å². The molecule has 1 aliphatic carbocycles. The summed E-state index contributed by atoms with van der Waals surface area (Å²) in [6, 6.07) is 6.77. The lowest BCUT2D eigenvalue weighted by Gasteiger charge is -2.45. The van der Waals surface area contributed by atoms with Gasteiger partial charge in [-0.1, -0.05) is 6.42 Å². The summed E-state index contributed by atoms with van der Waals surface area (Å²) >= 11 is 0. The smallest absolute Gasteiger partial charge is 0.243 e. The standard InChI is InChI=1S/C18H26N6O3S/c19-16-21-17(20)24(18(22-16)8-2-1-3-9-18)14-4-6-15(7-5-14)28(25,26)23-10-12-27-13-11-23/h4-7H,1-3,8-13H2,(H4,19,20,21,22). The van der Waals surface area contributed by atoms with Gasteiger partial charge in [0.05, 0.1) is 18.1 Å². The molecule has 1 saturated heterocycles. The fraction of sp³-hybridized carbons (Fsp3) is 0.556. The molecule has 0 atom stereocenters. The van der Waals surface area contributed by atoms with E-state index in [2.05, 4.69) is 9.98 Å². The van der Waals surface area contributed by atoms with E-state index >= 15 is 0 Å². The molecule has 2 heterocycles. The van der Waals surface area contributed by atoms with Crippen molar-refractivity contribution in [3.05, 3.63) is 24.3 Å². The van der Waals surface area contributed by atoms with E-state index in [-0.39, 0.29) is 16.8 Å². The van der Waals surface area contributed by atoms with Crippen LogP contribution in [0.3, 0.4) is 0 Å². The van der Waals surface area contributed by atoms with E-state index in [4.69, 9.17) is 16.2 Å². The lowest BCUT2D eigenvalue weighted by atomic mass is 9.87. The van der Waals surface area contributed by atoms with E-state index in [1.807, 2.05) is 4.90 Å². The third-order valence-electron chi connectivity index (χ3n) is 5.55. The molecule has 3 aliphatic rings. The van der Waals surface area contributed by atoms with Crippen LogP contribution in [0.4, 0.5) is 5.69 Å². The number of guanidine groups is 2. The van der Waals surface area contributed by atoms with E-state index in [9.17, 15) is 8.42 Å². The average Bonchev–Trinajstić information content (AvgIpc) is 2.69. The minimum Gasteiger partial charge on any atom is -0.379 e. The van der Waals surface area contributed by atoms with Crippen molar-refractivity contribution < 1.29 is 13.2 Å². The molecule has 0 aromatic heterocycles. The highest BCUT2D eigenvalue weighted by molar-refractivity contribution is 7.89. The molecular weight excluding hydrogens is 380 g/mol. The van der Waals surface area contributed by atoms with Gasteiger partial charge in [0, 0.05) is 18.8 Å². The Morgan fingerprint density at radius 1 is 1.00 bits per heavy atom. The van der Waals surface area contributed by atoms with Gasteiger partial charge in [-0.25, -0.2) is 13.4 Å². The first-order valence-corrected chi connectivity index (χ1v) is 11.0. The van der Waals surface area contributed by atoms with Crippen molar-refractivity contribution in [3.63, 3.8) is 0 Å². The molecule has 4 N–H and O–H groups in total. The third kappa shape index (κ3) is 3.36. The summed E-state index contributed by atoms with van der Waals surface area (Å²) in [4.78, 5) is 10.9. The second-order valence-electron chi connectivity index (χ2n) is 7.33. The topological polar surface area (TPSA) is 127 Å². The maximum atomic E-state index is 12.8. The molecule has 0 radical (unpaired) electrons. The maximum absolute atomic E-state index is 12.8. The van der Waals surface area contributed by atoms with Crippen LogP contribution in [0.5, 0.6) is 0 Å². The minimum atomic E-state index is -3.54. The van der Waals surface area contributed by atoms with Crippen molar-refractivity contribution in [2.24, 2.45) is 21.5 Å². The number of hydrogen-bond donors (Lipinski definition) is 2. The number of morpholine rings is 1. The molecule has 0 bridgehead atoms. The molecule has 1 aromatic carbocycles. The number of aliphatic imine (C=N–C) groups is 2. The molecule has 4 rings (SSSR count). The largest absolute Gasteiger partial charge is 0.379 e. The highest BCUT2D eigenvalue weighted by Gasteiger charge is 2.42. The molecule has 0 unspecified atom stereocenters.